The second kappa shape index (κ2) is 9.40. The molecule has 2 rings (SSSR count). The summed E-state index contributed by atoms with van der Waals surface area (Å²) in [7, 11) is -3.45. The summed E-state index contributed by atoms with van der Waals surface area (Å²) in [4.78, 5) is 12.3. The van der Waals surface area contributed by atoms with Gasteiger partial charge in [-0.05, 0) is 43.4 Å². The smallest absolute Gasteiger partial charge is 0.223 e. The van der Waals surface area contributed by atoms with Crippen LogP contribution < -0.4 is 5.32 Å². The maximum atomic E-state index is 12.6. The average molecular weight is 421 g/mol. The zero-order valence-electron chi connectivity index (χ0n) is 15.2. The molecule has 0 atom stereocenters. The minimum atomic E-state index is -3.45. The minimum absolute atomic E-state index is 0.0419. The molecule has 0 saturated carbocycles. The molecule has 1 aromatic carbocycles. The molecule has 8 heteroatoms. The van der Waals surface area contributed by atoms with E-state index in [4.69, 9.17) is 23.2 Å². The van der Waals surface area contributed by atoms with E-state index in [0.29, 0.717) is 41.5 Å². The molecule has 1 N–H and O–H groups in total. The van der Waals surface area contributed by atoms with Crippen LogP contribution in [0.5, 0.6) is 0 Å². The number of piperidine rings is 1. The Morgan fingerprint density at radius 2 is 1.81 bits per heavy atom. The predicted molar refractivity (Wildman–Crippen MR) is 106 cm³/mol. The molecule has 0 bridgehead atoms. The maximum Gasteiger partial charge on any atom is 0.223 e. The lowest BCUT2D eigenvalue weighted by Gasteiger charge is -2.31. The zero-order valence-corrected chi connectivity index (χ0v) is 17.5. The fraction of sp³-hybridized carbons (Fsp3) is 0.611. The molecule has 26 heavy (non-hydrogen) atoms. The van der Waals surface area contributed by atoms with E-state index in [-0.39, 0.29) is 23.6 Å². The summed E-state index contributed by atoms with van der Waals surface area (Å²) in [5.74, 6) is -0.193. The number of rotatable bonds is 7. The van der Waals surface area contributed by atoms with Crippen molar-refractivity contribution in [3.8, 4) is 0 Å². The average Bonchev–Trinajstić information content (AvgIpc) is 2.62. The number of sulfonamides is 1. The van der Waals surface area contributed by atoms with E-state index >= 15 is 0 Å². The first-order valence-electron chi connectivity index (χ1n) is 8.99. The van der Waals surface area contributed by atoms with E-state index in [9.17, 15) is 13.2 Å². The van der Waals surface area contributed by atoms with Gasteiger partial charge in [0, 0.05) is 25.0 Å². The summed E-state index contributed by atoms with van der Waals surface area (Å²) in [5.41, 5.74) is 0.605. The Labute approximate surface area is 166 Å². The van der Waals surface area contributed by atoms with Gasteiger partial charge in [-0.3, -0.25) is 4.79 Å². The molecule has 0 unspecified atom stereocenters. The molecule has 0 radical (unpaired) electrons. The van der Waals surface area contributed by atoms with Crippen molar-refractivity contribution >= 4 is 39.1 Å². The number of nitrogens with one attached hydrogen (secondary N) is 1. The summed E-state index contributed by atoms with van der Waals surface area (Å²) in [6.07, 6.45) is 2.90. The Bertz CT molecular complexity index is 728. The third-order valence-corrected chi connectivity index (χ3v) is 7.47. The topological polar surface area (TPSA) is 66.5 Å². The molecule has 146 valence electrons. The SMILES string of the molecule is CCC(CC)NC(=O)C1CCN(S(=O)(=O)Cc2ccc(Cl)c(Cl)c2)CC1. The van der Waals surface area contributed by atoms with Gasteiger partial charge >= 0.3 is 0 Å². The van der Waals surface area contributed by atoms with Crippen LogP contribution in [0.2, 0.25) is 10.0 Å². The number of carbonyl (C=O) groups excluding carboxylic acids is 1. The lowest BCUT2D eigenvalue weighted by molar-refractivity contribution is -0.126. The van der Waals surface area contributed by atoms with E-state index in [2.05, 4.69) is 5.32 Å². The number of benzene rings is 1. The lowest BCUT2D eigenvalue weighted by Crippen LogP contribution is -2.45. The molecule has 1 amide bonds. The third kappa shape index (κ3) is 5.59. The number of hydrogen-bond acceptors (Lipinski definition) is 3. The third-order valence-electron chi connectivity index (χ3n) is 4.88. The van der Waals surface area contributed by atoms with Crippen LogP contribution in [0.1, 0.15) is 45.1 Å². The Morgan fingerprint density at radius 3 is 2.35 bits per heavy atom. The highest BCUT2D eigenvalue weighted by molar-refractivity contribution is 7.88. The van der Waals surface area contributed by atoms with Gasteiger partial charge in [-0.15, -0.1) is 0 Å². The van der Waals surface area contributed by atoms with E-state index < -0.39 is 10.0 Å². The molecule has 1 aromatic rings. The van der Waals surface area contributed by atoms with Gasteiger partial charge in [0.1, 0.15) is 0 Å². The molecule has 1 fully saturated rings. The highest BCUT2D eigenvalue weighted by Crippen LogP contribution is 2.26. The Kier molecular flexibility index (Phi) is 7.76. The van der Waals surface area contributed by atoms with Crippen molar-refractivity contribution in [2.24, 2.45) is 5.92 Å². The molecule has 1 aliphatic rings. The van der Waals surface area contributed by atoms with Gasteiger partial charge in [0.25, 0.3) is 0 Å². The quantitative estimate of drug-likeness (QED) is 0.728. The summed E-state index contributed by atoms with van der Waals surface area (Å²) in [6, 6.07) is 5.04. The number of carbonyl (C=O) groups is 1. The van der Waals surface area contributed by atoms with Crippen molar-refractivity contribution in [1.29, 1.82) is 0 Å². The first-order valence-corrected chi connectivity index (χ1v) is 11.4. The highest BCUT2D eigenvalue weighted by Gasteiger charge is 2.31. The van der Waals surface area contributed by atoms with Gasteiger partial charge in [0.05, 0.1) is 15.8 Å². The molecule has 1 saturated heterocycles. The molecule has 5 nitrogen and oxygen atoms in total. The molecular weight excluding hydrogens is 395 g/mol. The molecular formula is C18H26Cl2N2O3S. The van der Waals surface area contributed by atoms with Crippen LogP contribution in [0.3, 0.4) is 0 Å². The van der Waals surface area contributed by atoms with Crippen LogP contribution in [0.4, 0.5) is 0 Å². The van der Waals surface area contributed by atoms with Gasteiger partial charge in [-0.1, -0.05) is 43.1 Å². The highest BCUT2D eigenvalue weighted by atomic mass is 35.5. The zero-order chi connectivity index (χ0) is 19.3. The molecule has 0 aliphatic carbocycles. The summed E-state index contributed by atoms with van der Waals surface area (Å²) < 4.78 is 26.8. The second-order valence-corrected chi connectivity index (χ2v) is 9.48. The standard InChI is InChI=1S/C18H26Cl2N2O3S/c1-3-15(4-2)21-18(23)14-7-9-22(10-8-14)26(24,25)12-13-5-6-16(19)17(20)11-13/h5-6,11,14-15H,3-4,7-10,12H2,1-2H3,(H,21,23). The molecule has 0 spiro atoms. The first-order chi connectivity index (χ1) is 12.3. The summed E-state index contributed by atoms with van der Waals surface area (Å²) >= 11 is 11.8. The van der Waals surface area contributed by atoms with E-state index in [0.717, 1.165) is 12.8 Å². The minimum Gasteiger partial charge on any atom is -0.353 e. The van der Waals surface area contributed by atoms with Crippen molar-refractivity contribution < 1.29 is 13.2 Å². The normalized spacial score (nSPS) is 16.8. The monoisotopic (exact) mass is 420 g/mol. The van der Waals surface area contributed by atoms with Crippen molar-refractivity contribution in [2.75, 3.05) is 13.1 Å². The van der Waals surface area contributed by atoms with Crippen molar-refractivity contribution in [2.45, 2.75) is 51.3 Å². The summed E-state index contributed by atoms with van der Waals surface area (Å²) in [5, 5.41) is 3.80. The Balaban J connectivity index is 1.93. The molecule has 1 heterocycles. The van der Waals surface area contributed by atoms with Crippen LogP contribution in [-0.2, 0) is 20.6 Å². The van der Waals surface area contributed by atoms with Gasteiger partial charge in [-0.2, -0.15) is 0 Å². The Hall–Kier alpha value is -0.820. The van der Waals surface area contributed by atoms with Crippen molar-refractivity contribution in [1.82, 2.24) is 9.62 Å². The summed E-state index contributed by atoms with van der Waals surface area (Å²) in [6.45, 7) is 4.83. The first kappa shape index (κ1) is 21.5. The van der Waals surface area contributed by atoms with E-state index in [1.54, 1.807) is 18.2 Å². The molecule has 0 aromatic heterocycles. The largest absolute Gasteiger partial charge is 0.353 e. The van der Waals surface area contributed by atoms with Crippen molar-refractivity contribution in [3.63, 3.8) is 0 Å². The van der Waals surface area contributed by atoms with Crippen LogP contribution in [-0.4, -0.2) is 37.8 Å². The van der Waals surface area contributed by atoms with Crippen LogP contribution >= 0.6 is 23.2 Å². The Morgan fingerprint density at radius 1 is 1.19 bits per heavy atom. The second-order valence-electron chi connectivity index (χ2n) is 6.70. The van der Waals surface area contributed by atoms with Crippen LogP contribution in [0, 0.1) is 5.92 Å². The predicted octanol–water partition coefficient (Wildman–Crippen LogP) is 3.84. The van der Waals surface area contributed by atoms with Gasteiger partial charge < -0.3 is 5.32 Å². The van der Waals surface area contributed by atoms with E-state index in [1.807, 2.05) is 13.8 Å². The van der Waals surface area contributed by atoms with Crippen molar-refractivity contribution in [3.05, 3.63) is 33.8 Å². The van der Waals surface area contributed by atoms with Crippen LogP contribution in [0.15, 0.2) is 18.2 Å². The maximum absolute atomic E-state index is 12.6. The van der Waals surface area contributed by atoms with Crippen LogP contribution in [0.25, 0.3) is 0 Å². The number of hydrogen-bond donors (Lipinski definition) is 1. The van der Waals surface area contributed by atoms with Gasteiger partial charge in [0.15, 0.2) is 0 Å². The number of halogens is 2. The fourth-order valence-electron chi connectivity index (χ4n) is 3.14. The fourth-order valence-corrected chi connectivity index (χ4v) is 5.01. The lowest BCUT2D eigenvalue weighted by atomic mass is 9.96. The number of amides is 1. The molecule has 1 aliphatic heterocycles. The van der Waals surface area contributed by atoms with E-state index in [1.165, 1.54) is 4.31 Å². The van der Waals surface area contributed by atoms with Gasteiger partial charge in [-0.25, -0.2) is 12.7 Å². The van der Waals surface area contributed by atoms with Gasteiger partial charge in [0.2, 0.25) is 15.9 Å². The number of nitrogens with zero attached hydrogens (tertiary/aromatic N) is 1.